The van der Waals surface area contributed by atoms with E-state index in [-0.39, 0.29) is 5.91 Å². The van der Waals surface area contributed by atoms with E-state index in [9.17, 15) is 4.79 Å². The van der Waals surface area contributed by atoms with Gasteiger partial charge in [-0.15, -0.1) is 28.2 Å². The SMILES string of the molecule is CC(=O)Nc1cc(CSc2ccsc2-c2nnc(Nc3ccc(Cl)cc3)o2)ccn1. The van der Waals surface area contributed by atoms with E-state index in [1.54, 1.807) is 30.1 Å². The maximum atomic E-state index is 11.2. The third kappa shape index (κ3) is 5.18. The topological polar surface area (TPSA) is 92.9 Å². The Hall–Kier alpha value is -2.88. The summed E-state index contributed by atoms with van der Waals surface area (Å²) in [7, 11) is 0. The van der Waals surface area contributed by atoms with Crippen LogP contribution >= 0.6 is 34.7 Å². The smallest absolute Gasteiger partial charge is 0.320 e. The van der Waals surface area contributed by atoms with Gasteiger partial charge in [0.15, 0.2) is 0 Å². The number of amides is 1. The summed E-state index contributed by atoms with van der Waals surface area (Å²) in [6.45, 7) is 1.46. The van der Waals surface area contributed by atoms with Gasteiger partial charge in [0.2, 0.25) is 5.91 Å². The van der Waals surface area contributed by atoms with E-state index in [0.29, 0.717) is 28.5 Å². The average Bonchev–Trinajstić information content (AvgIpc) is 3.37. The molecule has 1 aromatic carbocycles. The Labute approximate surface area is 185 Å². The van der Waals surface area contributed by atoms with E-state index in [2.05, 4.69) is 25.8 Å². The molecule has 3 heterocycles. The number of aromatic nitrogens is 3. The quantitative estimate of drug-likeness (QED) is 0.336. The van der Waals surface area contributed by atoms with Crippen molar-refractivity contribution in [3.05, 3.63) is 64.6 Å². The summed E-state index contributed by atoms with van der Waals surface area (Å²) >= 11 is 9.10. The second-order valence-electron chi connectivity index (χ2n) is 6.18. The zero-order chi connectivity index (χ0) is 20.9. The minimum Gasteiger partial charge on any atom is -0.402 e. The largest absolute Gasteiger partial charge is 0.402 e. The molecule has 7 nitrogen and oxygen atoms in total. The first-order valence-electron chi connectivity index (χ1n) is 8.86. The molecule has 30 heavy (non-hydrogen) atoms. The summed E-state index contributed by atoms with van der Waals surface area (Å²) in [6, 6.07) is 13.4. The van der Waals surface area contributed by atoms with Crippen LogP contribution in [-0.2, 0) is 10.5 Å². The summed E-state index contributed by atoms with van der Waals surface area (Å²) < 4.78 is 5.79. The third-order valence-electron chi connectivity index (χ3n) is 3.87. The van der Waals surface area contributed by atoms with Crippen molar-refractivity contribution < 1.29 is 9.21 Å². The lowest BCUT2D eigenvalue weighted by molar-refractivity contribution is -0.114. The first kappa shape index (κ1) is 20.4. The standard InChI is InChI=1S/C20H16ClN5O2S2/c1-12(27)23-17-10-13(6-8-22-17)11-30-16-7-9-29-18(16)19-25-26-20(28-19)24-15-4-2-14(21)3-5-15/h2-10H,11H2,1H3,(H,24,26)(H,22,23,27). The maximum Gasteiger partial charge on any atom is 0.320 e. The second-order valence-corrected chi connectivity index (χ2v) is 8.55. The number of nitrogens with one attached hydrogen (secondary N) is 2. The molecule has 2 N–H and O–H groups in total. The van der Waals surface area contributed by atoms with Crippen molar-refractivity contribution >= 4 is 58.1 Å². The normalized spacial score (nSPS) is 10.7. The summed E-state index contributed by atoms with van der Waals surface area (Å²) in [5, 5.41) is 16.7. The van der Waals surface area contributed by atoms with Gasteiger partial charge in [0.05, 0.1) is 0 Å². The Morgan fingerprint density at radius 3 is 2.83 bits per heavy atom. The van der Waals surface area contributed by atoms with Crippen LogP contribution in [-0.4, -0.2) is 21.1 Å². The lowest BCUT2D eigenvalue weighted by atomic mass is 10.3. The molecule has 0 radical (unpaired) electrons. The highest BCUT2D eigenvalue weighted by Crippen LogP contribution is 2.37. The van der Waals surface area contributed by atoms with Crippen molar-refractivity contribution in [1.29, 1.82) is 0 Å². The maximum absolute atomic E-state index is 11.2. The van der Waals surface area contributed by atoms with Crippen LogP contribution in [0.5, 0.6) is 0 Å². The Morgan fingerprint density at radius 2 is 2.03 bits per heavy atom. The number of thioether (sulfide) groups is 1. The number of benzene rings is 1. The van der Waals surface area contributed by atoms with Crippen molar-refractivity contribution in [3.63, 3.8) is 0 Å². The van der Waals surface area contributed by atoms with E-state index >= 15 is 0 Å². The molecule has 0 aliphatic heterocycles. The molecule has 0 aliphatic carbocycles. The first-order chi connectivity index (χ1) is 14.6. The molecule has 0 bridgehead atoms. The van der Waals surface area contributed by atoms with Gasteiger partial charge in [0, 0.05) is 34.5 Å². The lowest BCUT2D eigenvalue weighted by Crippen LogP contribution is -2.07. The predicted molar refractivity (Wildman–Crippen MR) is 120 cm³/mol. The van der Waals surface area contributed by atoms with Gasteiger partial charge in [-0.3, -0.25) is 4.79 Å². The van der Waals surface area contributed by atoms with Crippen LogP contribution in [0.1, 0.15) is 12.5 Å². The van der Waals surface area contributed by atoms with Crippen LogP contribution < -0.4 is 10.6 Å². The Balaban J connectivity index is 1.44. The molecule has 3 aromatic heterocycles. The molecule has 0 fully saturated rings. The van der Waals surface area contributed by atoms with Crippen LogP contribution in [0, 0.1) is 0 Å². The van der Waals surface area contributed by atoms with E-state index in [0.717, 1.165) is 21.0 Å². The number of rotatable bonds is 7. The summed E-state index contributed by atoms with van der Waals surface area (Å²) in [5.41, 5.74) is 1.86. The van der Waals surface area contributed by atoms with Crippen molar-refractivity contribution in [2.75, 3.05) is 10.6 Å². The first-order valence-corrected chi connectivity index (χ1v) is 11.1. The van der Waals surface area contributed by atoms with E-state index in [1.807, 2.05) is 35.7 Å². The number of hydrogen-bond acceptors (Lipinski definition) is 8. The van der Waals surface area contributed by atoms with Gasteiger partial charge in [0.25, 0.3) is 5.89 Å². The number of pyridine rings is 1. The van der Waals surface area contributed by atoms with Crippen molar-refractivity contribution in [3.8, 4) is 10.8 Å². The van der Waals surface area contributed by atoms with Gasteiger partial charge in [0.1, 0.15) is 10.7 Å². The second kappa shape index (κ2) is 9.29. The molecule has 4 rings (SSSR count). The number of halogens is 1. The fraction of sp³-hybridized carbons (Fsp3) is 0.100. The molecule has 1 amide bonds. The highest BCUT2D eigenvalue weighted by molar-refractivity contribution is 7.98. The Kier molecular flexibility index (Phi) is 6.32. The molecule has 0 aliphatic rings. The molecular formula is C20H16ClN5O2S2. The number of thiophene rings is 1. The van der Waals surface area contributed by atoms with Gasteiger partial charge in [-0.25, -0.2) is 4.98 Å². The number of carbonyl (C=O) groups excluding carboxylic acids is 1. The van der Waals surface area contributed by atoms with E-state index < -0.39 is 0 Å². The summed E-state index contributed by atoms with van der Waals surface area (Å²) in [5.74, 6) is 1.56. The monoisotopic (exact) mass is 457 g/mol. The fourth-order valence-corrected chi connectivity index (χ4v) is 4.69. The molecule has 0 atom stereocenters. The zero-order valence-electron chi connectivity index (χ0n) is 15.8. The molecule has 152 valence electrons. The van der Waals surface area contributed by atoms with Gasteiger partial charge >= 0.3 is 6.01 Å². The van der Waals surface area contributed by atoms with Crippen LogP contribution in [0.4, 0.5) is 17.5 Å². The predicted octanol–water partition coefficient (Wildman–Crippen LogP) is 5.84. The lowest BCUT2D eigenvalue weighted by Gasteiger charge is -2.05. The van der Waals surface area contributed by atoms with Gasteiger partial charge in [-0.1, -0.05) is 16.7 Å². The van der Waals surface area contributed by atoms with Gasteiger partial charge in [-0.2, -0.15) is 0 Å². The van der Waals surface area contributed by atoms with Crippen molar-refractivity contribution in [2.24, 2.45) is 0 Å². The molecule has 4 aromatic rings. The van der Waals surface area contributed by atoms with Crippen LogP contribution in [0.15, 0.2) is 63.4 Å². The fourth-order valence-electron chi connectivity index (χ4n) is 2.56. The van der Waals surface area contributed by atoms with Crippen molar-refractivity contribution in [2.45, 2.75) is 17.6 Å². The molecule has 10 heteroatoms. The van der Waals surface area contributed by atoms with Gasteiger partial charge < -0.3 is 15.1 Å². The minimum atomic E-state index is -0.146. The number of nitrogens with zero attached hydrogens (tertiary/aromatic N) is 3. The van der Waals surface area contributed by atoms with E-state index in [4.69, 9.17) is 16.0 Å². The molecule has 0 saturated heterocycles. The highest BCUT2D eigenvalue weighted by atomic mass is 35.5. The van der Waals surface area contributed by atoms with Crippen molar-refractivity contribution in [1.82, 2.24) is 15.2 Å². The number of anilines is 3. The Bertz CT molecular complexity index is 1160. The molecule has 0 unspecified atom stereocenters. The molecular weight excluding hydrogens is 442 g/mol. The highest BCUT2D eigenvalue weighted by Gasteiger charge is 2.15. The minimum absolute atomic E-state index is 0.146. The Morgan fingerprint density at radius 1 is 1.20 bits per heavy atom. The van der Waals surface area contributed by atoms with Gasteiger partial charge in [-0.05, 0) is 53.4 Å². The molecule has 0 saturated carbocycles. The summed E-state index contributed by atoms with van der Waals surface area (Å²) in [4.78, 5) is 17.3. The number of carbonyl (C=O) groups is 1. The third-order valence-corrected chi connectivity index (χ3v) is 6.28. The van der Waals surface area contributed by atoms with Crippen LogP contribution in [0.3, 0.4) is 0 Å². The van der Waals surface area contributed by atoms with E-state index in [1.165, 1.54) is 18.3 Å². The average molecular weight is 458 g/mol. The van der Waals surface area contributed by atoms with Crippen LogP contribution in [0.2, 0.25) is 5.02 Å². The summed E-state index contributed by atoms with van der Waals surface area (Å²) in [6.07, 6.45) is 1.68. The molecule has 0 spiro atoms. The zero-order valence-corrected chi connectivity index (χ0v) is 18.1. The van der Waals surface area contributed by atoms with Crippen LogP contribution in [0.25, 0.3) is 10.8 Å². The number of hydrogen-bond donors (Lipinski definition) is 2.